The largest absolute Gasteiger partial charge is 0.463 e. The molecule has 0 amide bonds. The van der Waals surface area contributed by atoms with E-state index in [1.165, 1.54) is 7.11 Å². The first-order valence-electron chi connectivity index (χ1n) is 5.59. The Morgan fingerprint density at radius 1 is 1.59 bits per heavy atom. The number of nitrogens with one attached hydrogen (secondary N) is 1. The molecular weight excluding hydrogens is 238 g/mol. The molecule has 96 valence electrons. The van der Waals surface area contributed by atoms with Gasteiger partial charge in [-0.3, -0.25) is 0 Å². The molecule has 1 unspecified atom stereocenters. The van der Waals surface area contributed by atoms with Crippen LogP contribution in [0.15, 0.2) is 16.5 Å². The summed E-state index contributed by atoms with van der Waals surface area (Å²) in [5.74, 6) is 1.71. The molecule has 1 atom stereocenters. The molecule has 0 radical (unpaired) electrons. The number of hydrogen-bond donors (Lipinski definition) is 1. The fourth-order valence-electron chi connectivity index (χ4n) is 1.43. The van der Waals surface area contributed by atoms with Crippen LogP contribution in [0.5, 0.6) is 0 Å². The van der Waals surface area contributed by atoms with Gasteiger partial charge >= 0.3 is 5.97 Å². The Kier molecular flexibility index (Phi) is 6.15. The minimum atomic E-state index is -0.439. The van der Waals surface area contributed by atoms with Gasteiger partial charge in [-0.15, -0.1) is 0 Å². The Hall–Kier alpha value is -0.940. The Labute approximate surface area is 106 Å². The highest BCUT2D eigenvalue weighted by Crippen LogP contribution is 2.16. The maximum absolute atomic E-state index is 11.2. The van der Waals surface area contributed by atoms with Gasteiger partial charge in [-0.25, -0.2) is 4.79 Å². The molecule has 1 aromatic heterocycles. The van der Waals surface area contributed by atoms with Crippen molar-refractivity contribution >= 4 is 17.7 Å². The van der Waals surface area contributed by atoms with E-state index in [-0.39, 0.29) is 11.8 Å². The second kappa shape index (κ2) is 7.40. The van der Waals surface area contributed by atoms with Gasteiger partial charge in [-0.1, -0.05) is 0 Å². The molecule has 0 saturated carbocycles. The van der Waals surface area contributed by atoms with Crippen molar-refractivity contribution in [3.05, 3.63) is 23.7 Å². The summed E-state index contributed by atoms with van der Waals surface area (Å²) in [6, 6.07) is 3.55. The Morgan fingerprint density at radius 2 is 2.35 bits per heavy atom. The van der Waals surface area contributed by atoms with Gasteiger partial charge in [0.25, 0.3) is 0 Å². The standard InChI is InChI=1S/C12H19NO3S/c1-9(13-7-4-8-17-3)10-5-6-11(16-10)12(14)15-2/h5-6,9,13H,4,7-8H2,1-3H3. The van der Waals surface area contributed by atoms with Crippen molar-refractivity contribution in [3.63, 3.8) is 0 Å². The summed E-state index contributed by atoms with van der Waals surface area (Å²) in [6.07, 6.45) is 3.22. The molecule has 0 fully saturated rings. The molecule has 0 saturated heterocycles. The van der Waals surface area contributed by atoms with E-state index in [1.54, 1.807) is 12.1 Å². The van der Waals surface area contributed by atoms with Crippen molar-refractivity contribution in [2.24, 2.45) is 0 Å². The van der Waals surface area contributed by atoms with Crippen molar-refractivity contribution in [3.8, 4) is 0 Å². The lowest BCUT2D eigenvalue weighted by molar-refractivity contribution is 0.0562. The number of hydrogen-bond acceptors (Lipinski definition) is 5. The summed E-state index contributed by atoms with van der Waals surface area (Å²) >= 11 is 1.84. The van der Waals surface area contributed by atoms with Gasteiger partial charge in [0.2, 0.25) is 5.76 Å². The van der Waals surface area contributed by atoms with Crippen LogP contribution in [0.3, 0.4) is 0 Å². The second-order valence-electron chi connectivity index (χ2n) is 3.72. The lowest BCUT2D eigenvalue weighted by Crippen LogP contribution is -2.19. The predicted octanol–water partition coefficient (Wildman–Crippen LogP) is 2.47. The summed E-state index contributed by atoms with van der Waals surface area (Å²) in [7, 11) is 1.34. The topological polar surface area (TPSA) is 51.5 Å². The maximum atomic E-state index is 11.2. The van der Waals surface area contributed by atoms with Crippen molar-refractivity contribution in [2.75, 3.05) is 25.7 Å². The van der Waals surface area contributed by atoms with E-state index in [0.717, 1.165) is 24.5 Å². The zero-order chi connectivity index (χ0) is 12.7. The molecule has 4 nitrogen and oxygen atoms in total. The molecule has 1 N–H and O–H groups in total. The van der Waals surface area contributed by atoms with Crippen molar-refractivity contribution < 1.29 is 13.9 Å². The highest BCUT2D eigenvalue weighted by Gasteiger charge is 2.14. The summed E-state index contributed by atoms with van der Waals surface area (Å²) in [4.78, 5) is 11.2. The molecule has 0 aliphatic carbocycles. The van der Waals surface area contributed by atoms with Crippen molar-refractivity contribution in [1.82, 2.24) is 5.32 Å². The first-order chi connectivity index (χ1) is 8.19. The average molecular weight is 257 g/mol. The van der Waals surface area contributed by atoms with Crippen LogP contribution in [0.25, 0.3) is 0 Å². The quantitative estimate of drug-likeness (QED) is 0.600. The molecule has 0 aromatic carbocycles. The second-order valence-corrected chi connectivity index (χ2v) is 4.70. The zero-order valence-electron chi connectivity index (χ0n) is 10.5. The molecule has 0 spiro atoms. The summed E-state index contributed by atoms with van der Waals surface area (Å²) in [5, 5.41) is 3.34. The van der Waals surface area contributed by atoms with E-state index in [9.17, 15) is 4.79 Å². The SMILES string of the molecule is COC(=O)c1ccc(C(C)NCCCSC)o1. The fourth-order valence-corrected chi connectivity index (χ4v) is 1.86. The van der Waals surface area contributed by atoms with E-state index in [1.807, 2.05) is 18.7 Å². The lowest BCUT2D eigenvalue weighted by Gasteiger charge is -2.10. The molecule has 17 heavy (non-hydrogen) atoms. The molecule has 1 heterocycles. The molecule has 5 heteroatoms. The average Bonchev–Trinajstić information content (AvgIpc) is 2.83. The number of furan rings is 1. The van der Waals surface area contributed by atoms with Crippen LogP contribution in [0.1, 0.15) is 35.7 Å². The number of carbonyl (C=O) groups is 1. The van der Waals surface area contributed by atoms with Crippen LogP contribution in [-0.2, 0) is 4.74 Å². The highest BCUT2D eigenvalue weighted by molar-refractivity contribution is 7.98. The van der Waals surface area contributed by atoms with Gasteiger partial charge in [0, 0.05) is 0 Å². The minimum absolute atomic E-state index is 0.107. The number of methoxy groups -OCH3 is 1. The third-order valence-electron chi connectivity index (χ3n) is 2.42. The molecule has 0 aliphatic heterocycles. The van der Waals surface area contributed by atoms with E-state index >= 15 is 0 Å². The van der Waals surface area contributed by atoms with Crippen molar-refractivity contribution in [1.29, 1.82) is 0 Å². The van der Waals surface area contributed by atoms with Gasteiger partial charge in [0.15, 0.2) is 0 Å². The van der Waals surface area contributed by atoms with Crippen molar-refractivity contribution in [2.45, 2.75) is 19.4 Å². The van der Waals surface area contributed by atoms with Gasteiger partial charge < -0.3 is 14.5 Å². The third-order valence-corrected chi connectivity index (χ3v) is 3.11. The van der Waals surface area contributed by atoms with Crippen LogP contribution in [0.2, 0.25) is 0 Å². The van der Waals surface area contributed by atoms with E-state index < -0.39 is 5.97 Å². The monoisotopic (exact) mass is 257 g/mol. The fraction of sp³-hybridized carbons (Fsp3) is 0.583. The molecular formula is C12H19NO3S. The number of thioether (sulfide) groups is 1. The first kappa shape index (κ1) is 14.1. The van der Waals surface area contributed by atoms with Crippen LogP contribution >= 0.6 is 11.8 Å². The summed E-state index contributed by atoms with van der Waals surface area (Å²) in [6.45, 7) is 2.95. The van der Waals surface area contributed by atoms with Crippen LogP contribution < -0.4 is 5.32 Å². The third kappa shape index (κ3) is 4.44. The summed E-state index contributed by atoms with van der Waals surface area (Å²) < 4.78 is 10.00. The predicted molar refractivity (Wildman–Crippen MR) is 69.5 cm³/mol. The van der Waals surface area contributed by atoms with E-state index in [0.29, 0.717) is 0 Å². The zero-order valence-corrected chi connectivity index (χ0v) is 11.3. The number of rotatable bonds is 7. The van der Waals surface area contributed by atoms with E-state index in [4.69, 9.17) is 4.42 Å². The Morgan fingerprint density at radius 3 is 3.00 bits per heavy atom. The van der Waals surface area contributed by atoms with Gasteiger partial charge in [0.1, 0.15) is 5.76 Å². The minimum Gasteiger partial charge on any atom is -0.463 e. The van der Waals surface area contributed by atoms with Crippen LogP contribution in [0, 0.1) is 0 Å². The Balaban J connectivity index is 2.43. The number of carbonyl (C=O) groups excluding carboxylic acids is 1. The first-order valence-corrected chi connectivity index (χ1v) is 6.98. The lowest BCUT2D eigenvalue weighted by atomic mass is 10.2. The molecule has 0 aliphatic rings. The molecule has 1 aromatic rings. The van der Waals surface area contributed by atoms with Gasteiger partial charge in [-0.05, 0) is 44.0 Å². The molecule has 1 rings (SSSR count). The number of ether oxygens (including phenoxy) is 1. The van der Waals surface area contributed by atoms with E-state index in [2.05, 4.69) is 16.3 Å². The van der Waals surface area contributed by atoms with Crippen LogP contribution in [0.4, 0.5) is 0 Å². The summed E-state index contributed by atoms with van der Waals surface area (Å²) in [5.41, 5.74) is 0. The highest BCUT2D eigenvalue weighted by atomic mass is 32.2. The maximum Gasteiger partial charge on any atom is 0.373 e. The number of esters is 1. The molecule has 0 bridgehead atoms. The Bertz CT molecular complexity index is 351. The van der Waals surface area contributed by atoms with Gasteiger partial charge in [0.05, 0.1) is 13.2 Å². The normalized spacial score (nSPS) is 12.4. The van der Waals surface area contributed by atoms with Crippen LogP contribution in [-0.4, -0.2) is 31.6 Å². The smallest absolute Gasteiger partial charge is 0.373 e. The van der Waals surface area contributed by atoms with Gasteiger partial charge in [-0.2, -0.15) is 11.8 Å².